The largest absolute Gasteiger partial charge is 0.381 e. The number of nitrogens with one attached hydrogen (secondary N) is 1. The van der Waals surface area contributed by atoms with Crippen molar-refractivity contribution in [2.45, 2.75) is 32.6 Å². The van der Waals surface area contributed by atoms with Crippen molar-refractivity contribution in [2.24, 2.45) is 5.92 Å². The van der Waals surface area contributed by atoms with Gasteiger partial charge in [0.25, 0.3) is 5.89 Å². The maximum atomic E-state index is 5.33. The molecule has 2 aromatic rings. The molecule has 6 heteroatoms. The van der Waals surface area contributed by atoms with Gasteiger partial charge in [-0.1, -0.05) is 19.0 Å². The fourth-order valence-electron chi connectivity index (χ4n) is 2.26. The van der Waals surface area contributed by atoms with Crippen LogP contribution < -0.4 is 0 Å². The van der Waals surface area contributed by atoms with Crippen molar-refractivity contribution >= 4 is 0 Å². The smallest absolute Gasteiger partial charge is 0.278 e. The zero-order valence-electron chi connectivity index (χ0n) is 11.2. The average molecular weight is 262 g/mol. The first-order chi connectivity index (χ1) is 9.22. The highest BCUT2D eigenvalue weighted by molar-refractivity contribution is 5.46. The molecule has 2 aromatic heterocycles. The lowest BCUT2D eigenvalue weighted by Gasteiger charge is -1.98. The second-order valence-corrected chi connectivity index (χ2v) is 5.39. The van der Waals surface area contributed by atoms with Gasteiger partial charge in [0.1, 0.15) is 0 Å². The zero-order valence-corrected chi connectivity index (χ0v) is 11.2. The van der Waals surface area contributed by atoms with E-state index in [0.29, 0.717) is 24.1 Å². The highest BCUT2D eigenvalue weighted by Gasteiger charge is 2.24. The van der Waals surface area contributed by atoms with Crippen LogP contribution in [0.1, 0.15) is 37.7 Å². The molecule has 1 N–H and O–H groups in total. The van der Waals surface area contributed by atoms with Gasteiger partial charge in [0.15, 0.2) is 11.5 Å². The van der Waals surface area contributed by atoms with Crippen molar-refractivity contribution in [2.75, 3.05) is 13.2 Å². The van der Waals surface area contributed by atoms with Crippen LogP contribution in [0.4, 0.5) is 0 Å². The Morgan fingerprint density at radius 3 is 3.11 bits per heavy atom. The monoisotopic (exact) mass is 262 g/mol. The van der Waals surface area contributed by atoms with Crippen LogP contribution in [0.5, 0.6) is 0 Å². The fraction of sp³-hybridized carbons (Fsp3) is 0.615. The first-order valence-corrected chi connectivity index (χ1v) is 6.68. The van der Waals surface area contributed by atoms with Crippen LogP contribution in [0.25, 0.3) is 11.6 Å². The summed E-state index contributed by atoms with van der Waals surface area (Å²) >= 11 is 0. The van der Waals surface area contributed by atoms with E-state index in [4.69, 9.17) is 9.26 Å². The van der Waals surface area contributed by atoms with Crippen LogP contribution in [0, 0.1) is 5.92 Å². The van der Waals surface area contributed by atoms with E-state index in [2.05, 4.69) is 34.2 Å². The van der Waals surface area contributed by atoms with Crippen LogP contribution in [0.3, 0.4) is 0 Å². The Hall–Kier alpha value is -1.69. The Labute approximate surface area is 111 Å². The van der Waals surface area contributed by atoms with E-state index in [1.54, 1.807) is 0 Å². The van der Waals surface area contributed by atoms with Crippen LogP contribution >= 0.6 is 0 Å². The molecular weight excluding hydrogens is 244 g/mol. The predicted octanol–water partition coefficient (Wildman–Crippen LogP) is 2.16. The number of hydrogen-bond acceptors (Lipinski definition) is 5. The molecule has 102 valence electrons. The highest BCUT2D eigenvalue weighted by Crippen LogP contribution is 2.25. The summed E-state index contributed by atoms with van der Waals surface area (Å²) in [5, 5.41) is 11.3. The molecule has 0 amide bonds. The normalized spacial score (nSPS) is 19.4. The van der Waals surface area contributed by atoms with E-state index in [-0.39, 0.29) is 5.92 Å². The van der Waals surface area contributed by atoms with Crippen molar-refractivity contribution in [3.63, 3.8) is 0 Å². The van der Waals surface area contributed by atoms with Crippen LogP contribution in [0.15, 0.2) is 10.6 Å². The minimum Gasteiger partial charge on any atom is -0.381 e. The van der Waals surface area contributed by atoms with Gasteiger partial charge in [-0.25, -0.2) is 0 Å². The molecule has 0 saturated carbocycles. The molecule has 1 aliphatic rings. The molecule has 1 fully saturated rings. The van der Waals surface area contributed by atoms with Crippen molar-refractivity contribution in [3.8, 4) is 11.6 Å². The summed E-state index contributed by atoms with van der Waals surface area (Å²) in [6.07, 6.45) is 1.92. The van der Waals surface area contributed by atoms with Gasteiger partial charge in [-0.05, 0) is 24.8 Å². The number of H-pyrrole nitrogens is 1. The molecule has 6 nitrogen and oxygen atoms in total. The summed E-state index contributed by atoms with van der Waals surface area (Å²) in [4.78, 5) is 4.41. The minimum absolute atomic E-state index is 0.256. The van der Waals surface area contributed by atoms with Gasteiger partial charge in [-0.2, -0.15) is 10.1 Å². The van der Waals surface area contributed by atoms with E-state index in [1.807, 2.05) is 6.07 Å². The molecule has 0 spiro atoms. The Bertz CT molecular complexity index is 540. The van der Waals surface area contributed by atoms with Crippen molar-refractivity contribution in [3.05, 3.63) is 17.6 Å². The van der Waals surface area contributed by atoms with Gasteiger partial charge in [-0.15, -0.1) is 0 Å². The minimum atomic E-state index is 0.256. The molecule has 0 unspecified atom stereocenters. The van der Waals surface area contributed by atoms with Gasteiger partial charge in [0.05, 0.1) is 6.61 Å². The maximum absolute atomic E-state index is 5.33. The van der Waals surface area contributed by atoms with E-state index in [1.165, 1.54) is 0 Å². The molecule has 1 aliphatic heterocycles. The van der Waals surface area contributed by atoms with E-state index >= 15 is 0 Å². The van der Waals surface area contributed by atoms with Gasteiger partial charge < -0.3 is 9.26 Å². The predicted molar refractivity (Wildman–Crippen MR) is 68.6 cm³/mol. The van der Waals surface area contributed by atoms with Crippen molar-refractivity contribution in [1.82, 2.24) is 20.3 Å². The number of ether oxygens (including phenoxy) is 1. The summed E-state index contributed by atoms with van der Waals surface area (Å²) in [7, 11) is 0. The summed E-state index contributed by atoms with van der Waals surface area (Å²) in [6, 6.07) is 1.97. The highest BCUT2D eigenvalue weighted by atomic mass is 16.5. The standard InChI is InChI=1S/C13H18N4O2/c1-8(2)5-10-6-11(16-15-10)13-14-12(17-19-13)9-3-4-18-7-9/h6,8-9H,3-5,7H2,1-2H3,(H,15,16)/t9-/m1/s1. The molecule has 3 heterocycles. The third kappa shape index (κ3) is 2.68. The lowest BCUT2D eigenvalue weighted by atomic mass is 10.1. The average Bonchev–Trinajstić information content (AvgIpc) is 3.09. The first kappa shape index (κ1) is 12.3. The Balaban J connectivity index is 1.76. The molecule has 0 bridgehead atoms. The number of aromatic amines is 1. The SMILES string of the molecule is CC(C)Cc1cc(-c2nc([C@@H]3CCOC3)no2)n[nH]1. The maximum Gasteiger partial charge on any atom is 0.278 e. The lowest BCUT2D eigenvalue weighted by Crippen LogP contribution is -1.99. The lowest BCUT2D eigenvalue weighted by molar-refractivity contribution is 0.192. The Morgan fingerprint density at radius 1 is 1.47 bits per heavy atom. The topological polar surface area (TPSA) is 76.8 Å². The first-order valence-electron chi connectivity index (χ1n) is 6.68. The van der Waals surface area contributed by atoms with Crippen molar-refractivity contribution in [1.29, 1.82) is 0 Å². The number of nitrogens with zero attached hydrogens (tertiary/aromatic N) is 3. The van der Waals surface area contributed by atoms with Crippen molar-refractivity contribution < 1.29 is 9.26 Å². The zero-order chi connectivity index (χ0) is 13.2. The third-order valence-corrected chi connectivity index (χ3v) is 3.21. The molecule has 0 radical (unpaired) electrons. The number of rotatable bonds is 4. The van der Waals surface area contributed by atoms with E-state index in [9.17, 15) is 0 Å². The summed E-state index contributed by atoms with van der Waals surface area (Å²) < 4.78 is 10.6. The molecule has 0 aromatic carbocycles. The second kappa shape index (κ2) is 5.13. The third-order valence-electron chi connectivity index (χ3n) is 3.21. The van der Waals surface area contributed by atoms with Gasteiger partial charge in [-0.3, -0.25) is 5.10 Å². The molecule has 1 saturated heterocycles. The van der Waals surface area contributed by atoms with Crippen LogP contribution in [-0.4, -0.2) is 33.6 Å². The summed E-state index contributed by atoms with van der Waals surface area (Å²) in [5.74, 6) is 2.04. The van der Waals surface area contributed by atoms with Gasteiger partial charge >= 0.3 is 0 Å². The molecule has 3 rings (SSSR count). The summed E-state index contributed by atoms with van der Waals surface area (Å²) in [6.45, 7) is 5.80. The van der Waals surface area contributed by atoms with E-state index in [0.717, 1.165) is 31.0 Å². The second-order valence-electron chi connectivity index (χ2n) is 5.39. The summed E-state index contributed by atoms with van der Waals surface area (Å²) in [5.41, 5.74) is 1.81. The molecule has 0 aliphatic carbocycles. The Kier molecular flexibility index (Phi) is 3.33. The quantitative estimate of drug-likeness (QED) is 0.913. The number of hydrogen-bond donors (Lipinski definition) is 1. The van der Waals surface area contributed by atoms with Gasteiger partial charge in [0, 0.05) is 18.2 Å². The molecular formula is C13H18N4O2. The van der Waals surface area contributed by atoms with Crippen LogP contribution in [0.2, 0.25) is 0 Å². The van der Waals surface area contributed by atoms with E-state index < -0.39 is 0 Å². The number of aromatic nitrogens is 4. The molecule has 19 heavy (non-hydrogen) atoms. The van der Waals surface area contributed by atoms with Crippen LogP contribution in [-0.2, 0) is 11.2 Å². The van der Waals surface area contributed by atoms with Gasteiger partial charge in [0.2, 0.25) is 0 Å². The molecule has 1 atom stereocenters. The Morgan fingerprint density at radius 2 is 2.37 bits per heavy atom. The fourth-order valence-corrected chi connectivity index (χ4v) is 2.26.